The number of hydrogen-bond acceptors (Lipinski definition) is 4. The van der Waals surface area contributed by atoms with E-state index in [0.29, 0.717) is 16.7 Å². The fourth-order valence-electron chi connectivity index (χ4n) is 3.95. The number of sulfonamides is 1. The topological polar surface area (TPSA) is 86.8 Å². The van der Waals surface area contributed by atoms with Crippen LogP contribution >= 0.6 is 31.9 Å². The van der Waals surface area contributed by atoms with Crippen molar-refractivity contribution in [2.24, 2.45) is 0 Å². The van der Waals surface area contributed by atoms with Gasteiger partial charge in [-0.05, 0) is 47.9 Å². The highest BCUT2D eigenvalue weighted by molar-refractivity contribution is 9.10. The van der Waals surface area contributed by atoms with E-state index < -0.39 is 28.5 Å². The number of amides is 2. The van der Waals surface area contributed by atoms with Gasteiger partial charge in [0.1, 0.15) is 12.6 Å². The number of nitrogens with one attached hydrogen (secondary N) is 1. The molecule has 7 nitrogen and oxygen atoms in total. The van der Waals surface area contributed by atoms with Crippen LogP contribution in [0.1, 0.15) is 24.5 Å². The first kappa shape index (κ1) is 29.9. The molecular formula is C28H31Br2N3O4S. The Morgan fingerprint density at radius 1 is 0.895 bits per heavy atom. The molecule has 0 radical (unpaired) electrons. The minimum absolute atomic E-state index is 0.138. The largest absolute Gasteiger partial charge is 0.354 e. The molecule has 0 saturated heterocycles. The van der Waals surface area contributed by atoms with Crippen LogP contribution in [0.2, 0.25) is 0 Å². The highest BCUT2D eigenvalue weighted by Gasteiger charge is 2.33. The lowest BCUT2D eigenvalue weighted by Crippen LogP contribution is -2.53. The van der Waals surface area contributed by atoms with Crippen LogP contribution in [0.25, 0.3) is 0 Å². The van der Waals surface area contributed by atoms with E-state index in [4.69, 9.17) is 0 Å². The minimum Gasteiger partial charge on any atom is -0.354 e. The zero-order valence-electron chi connectivity index (χ0n) is 21.3. The molecule has 2 amide bonds. The fraction of sp³-hybridized carbons (Fsp3) is 0.286. The summed E-state index contributed by atoms with van der Waals surface area (Å²) >= 11 is 6.80. The van der Waals surface area contributed by atoms with Gasteiger partial charge in [0, 0.05) is 28.5 Å². The van der Waals surface area contributed by atoms with Crippen molar-refractivity contribution in [1.29, 1.82) is 0 Å². The third-order valence-electron chi connectivity index (χ3n) is 5.86. The highest BCUT2D eigenvalue weighted by Crippen LogP contribution is 2.23. The van der Waals surface area contributed by atoms with Crippen LogP contribution in [0.4, 0.5) is 5.69 Å². The van der Waals surface area contributed by atoms with Gasteiger partial charge in [0.05, 0.1) is 11.9 Å². The molecule has 3 aromatic rings. The van der Waals surface area contributed by atoms with Crippen molar-refractivity contribution in [3.8, 4) is 0 Å². The number of rotatable bonds is 12. The minimum atomic E-state index is -3.80. The Kier molecular flexibility index (Phi) is 10.9. The highest BCUT2D eigenvalue weighted by atomic mass is 79.9. The Bertz CT molecular complexity index is 1340. The predicted molar refractivity (Wildman–Crippen MR) is 158 cm³/mol. The van der Waals surface area contributed by atoms with E-state index in [0.717, 1.165) is 32.6 Å². The number of nitrogens with zero attached hydrogens (tertiary/aromatic N) is 2. The van der Waals surface area contributed by atoms with Gasteiger partial charge in [0.15, 0.2) is 0 Å². The molecule has 1 N–H and O–H groups in total. The molecule has 202 valence electrons. The second kappa shape index (κ2) is 13.9. The summed E-state index contributed by atoms with van der Waals surface area (Å²) in [5.74, 6) is -0.763. The van der Waals surface area contributed by atoms with Crippen molar-refractivity contribution in [1.82, 2.24) is 10.2 Å². The zero-order valence-corrected chi connectivity index (χ0v) is 25.3. The van der Waals surface area contributed by atoms with Crippen LogP contribution in [0.3, 0.4) is 0 Å². The lowest BCUT2D eigenvalue weighted by Gasteiger charge is -2.33. The Balaban J connectivity index is 2.03. The van der Waals surface area contributed by atoms with E-state index in [9.17, 15) is 18.0 Å². The van der Waals surface area contributed by atoms with Gasteiger partial charge < -0.3 is 10.2 Å². The lowest BCUT2D eigenvalue weighted by atomic mass is 10.0. The summed E-state index contributed by atoms with van der Waals surface area (Å²) < 4.78 is 28.2. The summed E-state index contributed by atoms with van der Waals surface area (Å²) in [4.78, 5) is 28.9. The molecule has 10 heteroatoms. The molecule has 0 spiro atoms. The van der Waals surface area contributed by atoms with E-state index in [2.05, 4.69) is 37.2 Å². The summed E-state index contributed by atoms with van der Waals surface area (Å²) in [5, 5.41) is 2.93. The first-order chi connectivity index (χ1) is 18.1. The fourth-order valence-corrected chi connectivity index (χ4v) is 5.44. The van der Waals surface area contributed by atoms with Crippen molar-refractivity contribution in [2.45, 2.75) is 32.4 Å². The van der Waals surface area contributed by atoms with Gasteiger partial charge in [-0.3, -0.25) is 13.9 Å². The summed E-state index contributed by atoms with van der Waals surface area (Å²) in [6.07, 6.45) is 2.10. The van der Waals surface area contributed by atoms with Crippen LogP contribution in [-0.4, -0.2) is 50.5 Å². The number of benzene rings is 3. The number of carbonyl (C=O) groups excluding carboxylic acids is 2. The maximum Gasteiger partial charge on any atom is 0.244 e. The maximum atomic E-state index is 14.0. The van der Waals surface area contributed by atoms with Crippen molar-refractivity contribution < 1.29 is 18.0 Å². The Labute approximate surface area is 241 Å². The summed E-state index contributed by atoms with van der Waals surface area (Å²) in [6, 6.07) is 22.9. The second-order valence-electron chi connectivity index (χ2n) is 8.89. The standard InChI is InChI=1S/C28H31Br2N3O4S/c1-3-16-31-28(35)26(17-21-8-5-4-6-9-21)32(19-22-12-14-23(29)15-13-22)27(34)20-33(38(2,36)37)25-11-7-10-24(30)18-25/h4-15,18,26H,3,16-17,19-20H2,1-2H3,(H,31,35)/t26-/m0/s1. The third-order valence-corrected chi connectivity index (χ3v) is 8.02. The number of halogens is 2. The van der Waals surface area contributed by atoms with Crippen molar-refractivity contribution >= 4 is 59.4 Å². The van der Waals surface area contributed by atoms with Crippen LogP contribution in [0.15, 0.2) is 87.8 Å². The monoisotopic (exact) mass is 663 g/mol. The van der Waals surface area contributed by atoms with E-state index in [-0.39, 0.29) is 18.9 Å². The van der Waals surface area contributed by atoms with Crippen molar-refractivity contribution in [3.63, 3.8) is 0 Å². The van der Waals surface area contributed by atoms with Crippen LogP contribution in [0, 0.1) is 0 Å². The quantitative estimate of drug-likeness (QED) is 0.291. The molecule has 38 heavy (non-hydrogen) atoms. The average Bonchev–Trinajstić information content (AvgIpc) is 2.88. The summed E-state index contributed by atoms with van der Waals surface area (Å²) in [5.41, 5.74) is 2.06. The first-order valence-electron chi connectivity index (χ1n) is 12.2. The van der Waals surface area contributed by atoms with Crippen molar-refractivity contribution in [2.75, 3.05) is 23.7 Å². The van der Waals surface area contributed by atoms with E-state index in [1.807, 2.05) is 61.5 Å². The molecule has 1 atom stereocenters. The Hall–Kier alpha value is -2.69. The first-order valence-corrected chi connectivity index (χ1v) is 15.6. The summed E-state index contributed by atoms with van der Waals surface area (Å²) in [7, 11) is -3.80. The molecule has 0 aliphatic carbocycles. The SMILES string of the molecule is CCCNC(=O)[C@H](Cc1ccccc1)N(Cc1ccc(Br)cc1)C(=O)CN(c1cccc(Br)c1)S(C)(=O)=O. The molecule has 3 aromatic carbocycles. The van der Waals surface area contributed by atoms with Gasteiger partial charge in [-0.1, -0.05) is 87.3 Å². The Morgan fingerprint density at radius 2 is 1.58 bits per heavy atom. The molecule has 0 aliphatic heterocycles. The third kappa shape index (κ3) is 8.68. The molecular weight excluding hydrogens is 634 g/mol. The van der Waals surface area contributed by atoms with E-state index in [1.54, 1.807) is 24.3 Å². The van der Waals surface area contributed by atoms with E-state index >= 15 is 0 Å². The van der Waals surface area contributed by atoms with Crippen LogP contribution < -0.4 is 9.62 Å². The van der Waals surface area contributed by atoms with E-state index in [1.165, 1.54) is 4.90 Å². The average molecular weight is 665 g/mol. The second-order valence-corrected chi connectivity index (χ2v) is 12.6. The van der Waals surface area contributed by atoms with Gasteiger partial charge in [0.2, 0.25) is 21.8 Å². The molecule has 0 unspecified atom stereocenters. The normalized spacial score (nSPS) is 12.0. The molecule has 3 rings (SSSR count). The number of anilines is 1. The lowest BCUT2D eigenvalue weighted by molar-refractivity contribution is -0.140. The molecule has 0 aromatic heterocycles. The zero-order chi connectivity index (χ0) is 27.7. The summed E-state index contributed by atoms with van der Waals surface area (Å²) in [6.45, 7) is 2.12. The number of carbonyl (C=O) groups is 2. The van der Waals surface area contributed by atoms with Gasteiger partial charge in [0.25, 0.3) is 0 Å². The molecule has 0 heterocycles. The molecule has 0 bridgehead atoms. The maximum absolute atomic E-state index is 14.0. The van der Waals surface area contributed by atoms with Gasteiger partial charge in [-0.2, -0.15) is 0 Å². The molecule has 0 aliphatic rings. The van der Waals surface area contributed by atoms with Crippen LogP contribution in [0.5, 0.6) is 0 Å². The molecule has 0 saturated carbocycles. The van der Waals surface area contributed by atoms with Crippen molar-refractivity contribution in [3.05, 3.63) is 98.9 Å². The van der Waals surface area contributed by atoms with Gasteiger partial charge in [-0.25, -0.2) is 8.42 Å². The smallest absolute Gasteiger partial charge is 0.244 e. The van der Waals surface area contributed by atoms with Gasteiger partial charge in [-0.15, -0.1) is 0 Å². The van der Waals surface area contributed by atoms with Gasteiger partial charge >= 0.3 is 0 Å². The van der Waals surface area contributed by atoms with Crippen LogP contribution in [-0.2, 0) is 32.6 Å². The Morgan fingerprint density at radius 3 is 2.18 bits per heavy atom. The number of hydrogen-bond donors (Lipinski definition) is 1. The predicted octanol–water partition coefficient (Wildman–Crippen LogP) is 5.14. The molecule has 0 fully saturated rings.